The van der Waals surface area contributed by atoms with E-state index in [1.54, 1.807) is 6.20 Å². The van der Waals surface area contributed by atoms with Crippen molar-refractivity contribution in [3.8, 4) is 0 Å². The molecule has 1 heterocycles. The molecule has 0 aliphatic heterocycles. The number of carbonyl (C=O) groups excluding carboxylic acids is 1. The Labute approximate surface area is 112 Å². The summed E-state index contributed by atoms with van der Waals surface area (Å²) in [5.74, 6) is -0.261. The van der Waals surface area contributed by atoms with Crippen LogP contribution in [0.3, 0.4) is 0 Å². The van der Waals surface area contributed by atoms with Crippen molar-refractivity contribution in [1.82, 2.24) is 10.3 Å². The molecule has 0 aliphatic rings. The summed E-state index contributed by atoms with van der Waals surface area (Å²) in [6.07, 6.45) is 1.71. The fraction of sp³-hybridized carbons (Fsp3) is 0.200. The van der Waals surface area contributed by atoms with Crippen LogP contribution in [-0.2, 0) is 11.3 Å². The lowest BCUT2D eigenvalue weighted by Crippen LogP contribution is -2.27. The SMILES string of the molecule is CC(C(=O)NCc1ccccn1)c1cccc(N)c1. The predicted molar refractivity (Wildman–Crippen MR) is 75.4 cm³/mol. The topological polar surface area (TPSA) is 68.0 Å². The molecule has 1 aromatic heterocycles. The van der Waals surface area contributed by atoms with Crippen LogP contribution in [0.2, 0.25) is 0 Å². The van der Waals surface area contributed by atoms with Crippen LogP contribution < -0.4 is 11.1 Å². The van der Waals surface area contributed by atoms with Crippen LogP contribution in [0.15, 0.2) is 48.7 Å². The molecule has 0 saturated heterocycles. The van der Waals surface area contributed by atoms with E-state index in [2.05, 4.69) is 10.3 Å². The molecule has 98 valence electrons. The van der Waals surface area contributed by atoms with Crippen LogP contribution in [0.1, 0.15) is 24.1 Å². The number of hydrogen-bond donors (Lipinski definition) is 2. The Kier molecular flexibility index (Phi) is 4.13. The van der Waals surface area contributed by atoms with E-state index in [1.165, 1.54) is 0 Å². The fourth-order valence-electron chi connectivity index (χ4n) is 1.81. The summed E-state index contributed by atoms with van der Waals surface area (Å²) in [6, 6.07) is 13.0. The molecule has 19 heavy (non-hydrogen) atoms. The molecule has 3 N–H and O–H groups in total. The van der Waals surface area contributed by atoms with Crippen LogP contribution >= 0.6 is 0 Å². The van der Waals surface area contributed by atoms with Crippen molar-refractivity contribution >= 4 is 11.6 Å². The molecule has 2 aromatic rings. The number of anilines is 1. The number of carbonyl (C=O) groups is 1. The second kappa shape index (κ2) is 6.00. The standard InChI is InChI=1S/C15H17N3O/c1-11(12-5-4-6-13(16)9-12)15(19)18-10-14-7-2-3-8-17-14/h2-9,11H,10,16H2,1H3,(H,18,19). The zero-order valence-corrected chi connectivity index (χ0v) is 10.8. The molecule has 2 rings (SSSR count). The Morgan fingerprint density at radius 1 is 1.32 bits per heavy atom. The minimum absolute atomic E-state index is 0.0312. The monoisotopic (exact) mass is 255 g/mol. The molecule has 1 amide bonds. The van der Waals surface area contributed by atoms with Gasteiger partial charge in [-0.05, 0) is 36.8 Å². The second-order valence-corrected chi connectivity index (χ2v) is 4.43. The Morgan fingerprint density at radius 3 is 2.84 bits per heavy atom. The van der Waals surface area contributed by atoms with E-state index < -0.39 is 0 Å². The molecule has 0 spiro atoms. The molecule has 0 fully saturated rings. The minimum atomic E-state index is -0.229. The van der Waals surface area contributed by atoms with Gasteiger partial charge in [0.2, 0.25) is 5.91 Å². The lowest BCUT2D eigenvalue weighted by Gasteiger charge is -2.12. The lowest BCUT2D eigenvalue weighted by molar-refractivity contribution is -0.122. The molecule has 1 atom stereocenters. The normalized spacial score (nSPS) is 11.8. The van der Waals surface area contributed by atoms with Crippen molar-refractivity contribution < 1.29 is 4.79 Å². The van der Waals surface area contributed by atoms with Crippen molar-refractivity contribution in [2.45, 2.75) is 19.4 Å². The zero-order valence-electron chi connectivity index (χ0n) is 10.8. The Hall–Kier alpha value is -2.36. The highest BCUT2D eigenvalue weighted by molar-refractivity contribution is 5.83. The first-order valence-electron chi connectivity index (χ1n) is 6.20. The molecule has 0 aliphatic carbocycles. The van der Waals surface area contributed by atoms with E-state index in [0.29, 0.717) is 12.2 Å². The maximum Gasteiger partial charge on any atom is 0.227 e. The second-order valence-electron chi connectivity index (χ2n) is 4.43. The lowest BCUT2D eigenvalue weighted by atomic mass is 10.00. The summed E-state index contributed by atoms with van der Waals surface area (Å²) < 4.78 is 0. The number of rotatable bonds is 4. The first-order chi connectivity index (χ1) is 9.16. The minimum Gasteiger partial charge on any atom is -0.399 e. The van der Waals surface area contributed by atoms with E-state index in [0.717, 1.165) is 11.3 Å². The number of aromatic nitrogens is 1. The fourth-order valence-corrected chi connectivity index (χ4v) is 1.81. The van der Waals surface area contributed by atoms with Gasteiger partial charge in [-0.3, -0.25) is 9.78 Å². The van der Waals surface area contributed by atoms with E-state index in [-0.39, 0.29) is 11.8 Å². The molecule has 4 nitrogen and oxygen atoms in total. The van der Waals surface area contributed by atoms with Crippen LogP contribution in [0.5, 0.6) is 0 Å². The van der Waals surface area contributed by atoms with Crippen molar-refractivity contribution in [2.75, 3.05) is 5.73 Å². The molecule has 0 saturated carbocycles. The number of nitrogens with two attached hydrogens (primary N) is 1. The highest BCUT2D eigenvalue weighted by Gasteiger charge is 2.14. The Bertz CT molecular complexity index is 554. The molecular weight excluding hydrogens is 238 g/mol. The first kappa shape index (κ1) is 13.1. The highest BCUT2D eigenvalue weighted by Crippen LogP contribution is 2.17. The largest absolute Gasteiger partial charge is 0.399 e. The smallest absolute Gasteiger partial charge is 0.227 e. The number of pyridine rings is 1. The van der Waals surface area contributed by atoms with Gasteiger partial charge >= 0.3 is 0 Å². The summed E-state index contributed by atoms with van der Waals surface area (Å²) in [7, 11) is 0. The van der Waals surface area contributed by atoms with Gasteiger partial charge in [-0.2, -0.15) is 0 Å². The van der Waals surface area contributed by atoms with Crippen molar-refractivity contribution in [2.24, 2.45) is 0 Å². The van der Waals surface area contributed by atoms with Gasteiger partial charge in [0.25, 0.3) is 0 Å². The third kappa shape index (κ3) is 3.55. The van der Waals surface area contributed by atoms with Gasteiger partial charge in [-0.25, -0.2) is 0 Å². The van der Waals surface area contributed by atoms with Crippen molar-refractivity contribution in [3.63, 3.8) is 0 Å². The van der Waals surface area contributed by atoms with E-state index in [1.807, 2.05) is 49.4 Å². The van der Waals surface area contributed by atoms with E-state index in [4.69, 9.17) is 5.73 Å². The van der Waals surface area contributed by atoms with Gasteiger partial charge < -0.3 is 11.1 Å². The highest BCUT2D eigenvalue weighted by atomic mass is 16.1. The molecule has 0 bridgehead atoms. The average Bonchev–Trinajstić information content (AvgIpc) is 2.45. The summed E-state index contributed by atoms with van der Waals surface area (Å²) >= 11 is 0. The van der Waals surface area contributed by atoms with Gasteiger partial charge in [0, 0.05) is 11.9 Å². The third-order valence-corrected chi connectivity index (χ3v) is 2.97. The molecule has 1 aromatic carbocycles. The predicted octanol–water partition coefficient (Wildman–Crippen LogP) is 2.08. The number of benzene rings is 1. The van der Waals surface area contributed by atoms with Crippen molar-refractivity contribution in [1.29, 1.82) is 0 Å². The maximum atomic E-state index is 12.0. The number of hydrogen-bond acceptors (Lipinski definition) is 3. The summed E-state index contributed by atoms with van der Waals surface area (Å²) in [5.41, 5.74) is 8.15. The Balaban J connectivity index is 1.96. The van der Waals surface area contributed by atoms with E-state index in [9.17, 15) is 4.79 Å². The van der Waals surface area contributed by atoms with Gasteiger partial charge in [-0.1, -0.05) is 18.2 Å². The first-order valence-corrected chi connectivity index (χ1v) is 6.20. The summed E-state index contributed by atoms with van der Waals surface area (Å²) in [5, 5.41) is 2.87. The molecule has 0 radical (unpaired) electrons. The number of nitrogens with zero attached hydrogens (tertiary/aromatic N) is 1. The molecule has 1 unspecified atom stereocenters. The van der Waals surface area contributed by atoms with Crippen molar-refractivity contribution in [3.05, 3.63) is 59.9 Å². The van der Waals surface area contributed by atoms with Gasteiger partial charge in [0.05, 0.1) is 18.2 Å². The van der Waals surface area contributed by atoms with Gasteiger partial charge in [-0.15, -0.1) is 0 Å². The van der Waals surface area contributed by atoms with Gasteiger partial charge in [0.15, 0.2) is 0 Å². The quantitative estimate of drug-likeness (QED) is 0.822. The molecule has 4 heteroatoms. The third-order valence-electron chi connectivity index (χ3n) is 2.97. The summed E-state index contributed by atoms with van der Waals surface area (Å²) in [4.78, 5) is 16.2. The number of amides is 1. The number of nitrogens with one attached hydrogen (secondary N) is 1. The van der Waals surface area contributed by atoms with Crippen LogP contribution in [0.25, 0.3) is 0 Å². The molecular formula is C15H17N3O. The van der Waals surface area contributed by atoms with Gasteiger partial charge in [0.1, 0.15) is 0 Å². The zero-order chi connectivity index (χ0) is 13.7. The van der Waals surface area contributed by atoms with Crippen LogP contribution in [0.4, 0.5) is 5.69 Å². The summed E-state index contributed by atoms with van der Waals surface area (Å²) in [6.45, 7) is 2.30. The maximum absolute atomic E-state index is 12.0. The van der Waals surface area contributed by atoms with E-state index >= 15 is 0 Å². The Morgan fingerprint density at radius 2 is 2.16 bits per heavy atom. The number of nitrogen functional groups attached to an aromatic ring is 1. The van der Waals surface area contributed by atoms with Crippen LogP contribution in [-0.4, -0.2) is 10.9 Å². The average molecular weight is 255 g/mol. The van der Waals surface area contributed by atoms with Crippen LogP contribution in [0, 0.1) is 0 Å².